The van der Waals surface area contributed by atoms with Gasteiger partial charge >= 0.3 is 11.9 Å². The van der Waals surface area contributed by atoms with Crippen LogP contribution in [0, 0.1) is 0 Å². The molecule has 2 atom stereocenters. The molecule has 0 fully saturated rings. The summed E-state index contributed by atoms with van der Waals surface area (Å²) in [7, 11) is 0. The van der Waals surface area contributed by atoms with Crippen LogP contribution in [0.1, 0.15) is 57.6 Å². The normalized spacial score (nSPS) is 12.7. The summed E-state index contributed by atoms with van der Waals surface area (Å²) in [5.74, 6) is 0.777. The first-order valence-corrected chi connectivity index (χ1v) is 19.6. The number of carbonyl (C=O) groups is 2. The van der Waals surface area contributed by atoms with Crippen molar-refractivity contribution < 1.29 is 47.4 Å². The molecule has 0 bridgehead atoms. The largest absolute Gasteiger partial charge is 0.493 e. The molecule has 4 aromatic carbocycles. The fourth-order valence-corrected chi connectivity index (χ4v) is 5.43. The molecule has 14 nitrogen and oxygen atoms in total. The second-order valence-electron chi connectivity index (χ2n) is 13.1. The van der Waals surface area contributed by atoms with E-state index in [2.05, 4.69) is 20.5 Å². The lowest BCUT2D eigenvalue weighted by Crippen LogP contribution is -2.36. The molecule has 5 aromatic rings. The smallest absolute Gasteiger partial charge is 0.343 e. The van der Waals surface area contributed by atoms with Crippen LogP contribution < -0.4 is 14.3 Å². The highest BCUT2D eigenvalue weighted by atomic mass is 16.6. The number of nitrogens with zero attached hydrogens (tertiary/aromatic N) is 4. The van der Waals surface area contributed by atoms with Crippen LogP contribution in [0.3, 0.4) is 0 Å². The first kappa shape index (κ1) is 43.7. The number of oxime groups is 2. The molecule has 0 aliphatic rings. The summed E-state index contributed by atoms with van der Waals surface area (Å²) in [5.41, 5.74) is 3.46. The number of benzene rings is 4. The number of aromatic nitrogens is 2. The molecule has 0 saturated carbocycles. The average molecular weight is 807 g/mol. The first-order chi connectivity index (χ1) is 28.8. The Kier molecular flexibility index (Phi) is 17.6. The van der Waals surface area contributed by atoms with E-state index in [1.807, 2.05) is 98.8 Å². The number of para-hydroxylation sites is 1. The summed E-state index contributed by atoms with van der Waals surface area (Å²) < 4.78 is 34.5. The predicted octanol–water partition coefficient (Wildman–Crippen LogP) is 7.84. The molecule has 0 aliphatic carbocycles. The Hall–Kier alpha value is -6.38. The number of hydrogen-bond donors (Lipinski definition) is 0. The zero-order chi connectivity index (χ0) is 41.7. The first-order valence-electron chi connectivity index (χ1n) is 19.6. The van der Waals surface area contributed by atoms with Gasteiger partial charge in [0.25, 0.3) is 5.89 Å². The molecule has 0 N–H and O–H groups in total. The molecule has 0 saturated heterocycles. The lowest BCUT2D eigenvalue weighted by molar-refractivity contribution is -0.175. The van der Waals surface area contributed by atoms with Crippen molar-refractivity contribution in [2.45, 2.75) is 65.6 Å². The molecular weight excluding hydrogens is 757 g/mol. The molecule has 5 rings (SSSR count). The summed E-state index contributed by atoms with van der Waals surface area (Å²) in [6.45, 7) is 8.67. The van der Waals surface area contributed by atoms with Crippen molar-refractivity contribution in [2.75, 3.05) is 33.0 Å². The van der Waals surface area contributed by atoms with E-state index in [1.165, 1.54) is 0 Å². The van der Waals surface area contributed by atoms with Crippen LogP contribution >= 0.6 is 0 Å². The summed E-state index contributed by atoms with van der Waals surface area (Å²) in [4.78, 5) is 37.3. The fraction of sp³-hybridized carbons (Fsp3) is 0.333. The van der Waals surface area contributed by atoms with Gasteiger partial charge in [0.15, 0.2) is 23.7 Å². The van der Waals surface area contributed by atoms with Gasteiger partial charge in [-0.3, -0.25) is 0 Å². The Morgan fingerprint density at radius 3 is 1.81 bits per heavy atom. The van der Waals surface area contributed by atoms with Crippen LogP contribution in [0.5, 0.6) is 17.2 Å². The quantitative estimate of drug-likeness (QED) is 0.0196. The SMILES string of the molecule is CCCON=C(COc1ccc(CC(OCC)C(=O)OC(=O)C(Cc2ccc(OCCC(C)=NOc3ccccc3)cc2)OCC)cc1)c1nnc(-c2ccccc2)o1. The highest BCUT2D eigenvalue weighted by Crippen LogP contribution is 2.20. The maximum atomic E-state index is 13.3. The zero-order valence-electron chi connectivity index (χ0n) is 33.8. The number of esters is 2. The van der Waals surface area contributed by atoms with Crippen molar-refractivity contribution in [3.63, 3.8) is 0 Å². The van der Waals surface area contributed by atoms with E-state index in [-0.39, 0.29) is 38.6 Å². The summed E-state index contributed by atoms with van der Waals surface area (Å²) in [6.07, 6.45) is -0.327. The second kappa shape index (κ2) is 23.8. The van der Waals surface area contributed by atoms with Crippen molar-refractivity contribution in [2.24, 2.45) is 10.3 Å². The number of carbonyl (C=O) groups excluding carboxylic acids is 2. The molecule has 0 spiro atoms. The third-order valence-electron chi connectivity index (χ3n) is 8.47. The van der Waals surface area contributed by atoms with Crippen molar-refractivity contribution in [1.29, 1.82) is 0 Å². The molecule has 0 amide bonds. The van der Waals surface area contributed by atoms with Crippen LogP contribution in [-0.4, -0.2) is 78.8 Å². The van der Waals surface area contributed by atoms with Crippen molar-refractivity contribution in [3.05, 3.63) is 126 Å². The number of ether oxygens (including phenoxy) is 5. The van der Waals surface area contributed by atoms with Crippen LogP contribution in [0.25, 0.3) is 11.5 Å². The molecule has 0 radical (unpaired) electrons. The van der Waals surface area contributed by atoms with E-state index in [1.54, 1.807) is 38.1 Å². The minimum atomic E-state index is -1.03. The highest BCUT2D eigenvalue weighted by Gasteiger charge is 2.29. The Bertz CT molecular complexity index is 2070. The van der Waals surface area contributed by atoms with Gasteiger partial charge in [-0.25, -0.2) is 9.59 Å². The number of hydrogen-bond acceptors (Lipinski definition) is 14. The van der Waals surface area contributed by atoms with Gasteiger partial charge in [0.1, 0.15) is 24.7 Å². The van der Waals surface area contributed by atoms with E-state index < -0.39 is 24.1 Å². The number of rotatable bonds is 24. The fourth-order valence-electron chi connectivity index (χ4n) is 5.43. The molecule has 14 heteroatoms. The van der Waals surface area contributed by atoms with E-state index in [0.29, 0.717) is 48.5 Å². The third-order valence-corrected chi connectivity index (χ3v) is 8.47. The van der Waals surface area contributed by atoms with Gasteiger partial charge in [-0.05, 0) is 86.8 Å². The Morgan fingerprint density at radius 1 is 0.661 bits per heavy atom. The van der Waals surface area contributed by atoms with E-state index >= 15 is 0 Å². The standard InChI is InChI=1S/C45H50N4O10/c1-5-27-56-49-39(43-47-46-42(57-43)35-14-10-8-11-15-35)31-55-37-24-20-34(21-25-37)30-41(53-7-3)45(51)58-44(50)40(52-6-2)29-33-18-22-36(23-19-33)54-28-26-32(4)48-59-38-16-12-9-13-17-38/h8-25,40-41H,5-7,26-31H2,1-4H3. The summed E-state index contributed by atoms with van der Waals surface area (Å²) in [5, 5.41) is 16.6. The van der Waals surface area contributed by atoms with Gasteiger partial charge in [-0.15, -0.1) is 10.2 Å². The monoisotopic (exact) mass is 806 g/mol. The van der Waals surface area contributed by atoms with Gasteiger partial charge in [0, 0.05) is 38.0 Å². The zero-order valence-corrected chi connectivity index (χ0v) is 33.8. The third kappa shape index (κ3) is 14.5. The van der Waals surface area contributed by atoms with Gasteiger partial charge < -0.3 is 37.8 Å². The van der Waals surface area contributed by atoms with E-state index in [4.69, 9.17) is 37.8 Å². The van der Waals surface area contributed by atoms with Crippen LogP contribution in [0.15, 0.2) is 124 Å². The van der Waals surface area contributed by atoms with Crippen LogP contribution in [0.4, 0.5) is 0 Å². The maximum absolute atomic E-state index is 13.3. The van der Waals surface area contributed by atoms with Crippen molar-refractivity contribution in [3.8, 4) is 28.7 Å². The minimum absolute atomic E-state index is 0.00400. The molecular formula is C45H50N4O10. The summed E-state index contributed by atoms with van der Waals surface area (Å²) >= 11 is 0. The van der Waals surface area contributed by atoms with Gasteiger partial charge in [0.2, 0.25) is 5.89 Å². The van der Waals surface area contributed by atoms with Crippen LogP contribution in [0.2, 0.25) is 0 Å². The Balaban J connectivity index is 1.11. The molecule has 1 aromatic heterocycles. The van der Waals surface area contributed by atoms with Gasteiger partial charge in [-0.1, -0.05) is 77.9 Å². The Morgan fingerprint density at radius 2 is 1.24 bits per heavy atom. The lowest BCUT2D eigenvalue weighted by atomic mass is 10.1. The molecule has 1 heterocycles. The molecule has 0 aliphatic heterocycles. The van der Waals surface area contributed by atoms with Crippen molar-refractivity contribution >= 4 is 23.4 Å². The molecule has 59 heavy (non-hydrogen) atoms. The average Bonchev–Trinajstić information content (AvgIpc) is 3.76. The van der Waals surface area contributed by atoms with Crippen molar-refractivity contribution in [1.82, 2.24) is 10.2 Å². The van der Waals surface area contributed by atoms with Gasteiger partial charge in [0.05, 0.1) is 12.3 Å². The van der Waals surface area contributed by atoms with Crippen LogP contribution in [-0.2, 0) is 41.5 Å². The molecule has 310 valence electrons. The Labute approximate surface area is 344 Å². The topological polar surface area (TPSA) is 162 Å². The van der Waals surface area contributed by atoms with Gasteiger partial charge in [-0.2, -0.15) is 0 Å². The van der Waals surface area contributed by atoms with E-state index in [0.717, 1.165) is 28.8 Å². The lowest BCUT2D eigenvalue weighted by Gasteiger charge is -2.19. The molecule has 2 unspecified atom stereocenters. The predicted molar refractivity (Wildman–Crippen MR) is 221 cm³/mol. The minimum Gasteiger partial charge on any atom is -0.493 e. The summed E-state index contributed by atoms with van der Waals surface area (Å²) in [6, 6.07) is 33.1. The second-order valence-corrected chi connectivity index (χ2v) is 13.1. The van der Waals surface area contributed by atoms with E-state index in [9.17, 15) is 9.59 Å². The maximum Gasteiger partial charge on any atom is 0.343 e. The highest BCUT2D eigenvalue weighted by molar-refractivity contribution is 5.97.